The molecule has 0 bridgehead atoms. The first kappa shape index (κ1) is 26.1. The second kappa shape index (κ2) is 11.1. The van der Waals surface area contributed by atoms with Gasteiger partial charge in [0.15, 0.2) is 11.6 Å². The predicted molar refractivity (Wildman–Crippen MR) is 135 cm³/mol. The summed E-state index contributed by atoms with van der Waals surface area (Å²) in [4.78, 5) is 42.3. The molecule has 2 aromatic carbocycles. The molecule has 1 N–H and O–H groups in total. The zero-order valence-corrected chi connectivity index (χ0v) is 21.3. The summed E-state index contributed by atoms with van der Waals surface area (Å²) in [7, 11) is 1.71. The summed E-state index contributed by atoms with van der Waals surface area (Å²) in [5, 5.41) is 2.62. The van der Waals surface area contributed by atoms with Crippen molar-refractivity contribution in [1.82, 2.24) is 9.80 Å². The SMILES string of the molecule is CN1C(=O)c2cc(NC(=O)c3ccc(F)c(F)c3)ccc2OC[C@H]2O[C@@H](CC(=O)N3CCCCC3)CC[C@H]21. The van der Waals surface area contributed by atoms with Gasteiger partial charge in [0.05, 0.1) is 24.1 Å². The Labute approximate surface area is 219 Å². The number of fused-ring (bicyclic) bond motifs is 2. The Morgan fingerprint density at radius 2 is 1.82 bits per heavy atom. The van der Waals surface area contributed by atoms with Gasteiger partial charge in [0, 0.05) is 31.4 Å². The number of nitrogens with zero attached hydrogens (tertiary/aromatic N) is 2. The van der Waals surface area contributed by atoms with Crippen molar-refractivity contribution in [3.63, 3.8) is 0 Å². The fourth-order valence-corrected chi connectivity index (χ4v) is 5.41. The first-order chi connectivity index (χ1) is 18.3. The van der Waals surface area contributed by atoms with Crippen molar-refractivity contribution in [2.24, 2.45) is 0 Å². The molecule has 3 amide bonds. The van der Waals surface area contributed by atoms with Gasteiger partial charge in [0.1, 0.15) is 18.5 Å². The molecule has 0 radical (unpaired) electrons. The smallest absolute Gasteiger partial charge is 0.257 e. The highest BCUT2D eigenvalue weighted by atomic mass is 19.2. The van der Waals surface area contributed by atoms with E-state index in [0.29, 0.717) is 30.7 Å². The molecule has 8 nitrogen and oxygen atoms in total. The maximum Gasteiger partial charge on any atom is 0.257 e. The number of likely N-dealkylation sites (N-methyl/N-ethyl adjacent to an activating group) is 1. The molecule has 2 saturated heterocycles. The van der Waals surface area contributed by atoms with E-state index in [0.717, 1.165) is 44.5 Å². The number of nitrogens with one attached hydrogen (secondary N) is 1. The van der Waals surface area contributed by atoms with Crippen LogP contribution in [0.4, 0.5) is 14.5 Å². The third-order valence-corrected chi connectivity index (χ3v) is 7.56. The molecule has 38 heavy (non-hydrogen) atoms. The Hall–Kier alpha value is -3.53. The topological polar surface area (TPSA) is 88.2 Å². The number of hydrogen-bond donors (Lipinski definition) is 1. The van der Waals surface area contributed by atoms with Gasteiger partial charge in [-0.3, -0.25) is 14.4 Å². The molecule has 0 aromatic heterocycles. The van der Waals surface area contributed by atoms with Crippen molar-refractivity contribution < 1.29 is 32.6 Å². The number of likely N-dealkylation sites (tertiary alicyclic amines) is 1. The molecule has 3 atom stereocenters. The molecule has 0 saturated carbocycles. The van der Waals surface area contributed by atoms with Gasteiger partial charge in [0.25, 0.3) is 11.8 Å². The van der Waals surface area contributed by atoms with Crippen LogP contribution in [0.15, 0.2) is 36.4 Å². The van der Waals surface area contributed by atoms with Crippen LogP contribution in [0.2, 0.25) is 0 Å². The minimum Gasteiger partial charge on any atom is -0.490 e. The number of amides is 3. The van der Waals surface area contributed by atoms with Crippen LogP contribution in [-0.2, 0) is 9.53 Å². The number of benzene rings is 2. The molecular formula is C28H31F2N3O5. The average molecular weight is 528 g/mol. The Balaban J connectivity index is 1.27. The van der Waals surface area contributed by atoms with Crippen LogP contribution in [0.25, 0.3) is 0 Å². The molecule has 2 fully saturated rings. The van der Waals surface area contributed by atoms with Gasteiger partial charge in [0.2, 0.25) is 5.91 Å². The van der Waals surface area contributed by atoms with Crippen LogP contribution >= 0.6 is 0 Å². The summed E-state index contributed by atoms with van der Waals surface area (Å²) in [6, 6.07) is 7.33. The Morgan fingerprint density at radius 3 is 2.58 bits per heavy atom. The Morgan fingerprint density at radius 1 is 1.03 bits per heavy atom. The minimum atomic E-state index is -1.12. The molecule has 202 valence electrons. The van der Waals surface area contributed by atoms with Crippen molar-refractivity contribution in [2.75, 3.05) is 32.1 Å². The number of carbonyl (C=O) groups excluding carboxylic acids is 3. The van der Waals surface area contributed by atoms with E-state index >= 15 is 0 Å². The van der Waals surface area contributed by atoms with E-state index in [1.165, 1.54) is 12.1 Å². The summed E-state index contributed by atoms with van der Waals surface area (Å²) < 4.78 is 39.0. The molecular weight excluding hydrogens is 496 g/mol. The van der Waals surface area contributed by atoms with E-state index in [1.807, 2.05) is 4.90 Å². The quantitative estimate of drug-likeness (QED) is 0.650. The summed E-state index contributed by atoms with van der Waals surface area (Å²) in [5.74, 6) is -2.62. The van der Waals surface area contributed by atoms with E-state index in [-0.39, 0.29) is 47.8 Å². The molecule has 3 aliphatic heterocycles. The van der Waals surface area contributed by atoms with E-state index in [1.54, 1.807) is 24.1 Å². The van der Waals surface area contributed by atoms with E-state index in [9.17, 15) is 23.2 Å². The normalized spacial score (nSPS) is 23.4. The highest BCUT2D eigenvalue weighted by molar-refractivity contribution is 6.05. The number of halogens is 2. The van der Waals surface area contributed by atoms with Crippen LogP contribution in [0.3, 0.4) is 0 Å². The summed E-state index contributed by atoms with van der Waals surface area (Å²) in [5.41, 5.74) is 0.541. The highest BCUT2D eigenvalue weighted by Gasteiger charge is 2.39. The lowest BCUT2D eigenvalue weighted by Gasteiger charge is -2.42. The van der Waals surface area contributed by atoms with Crippen LogP contribution in [0.5, 0.6) is 5.75 Å². The number of rotatable bonds is 4. The number of piperidine rings is 1. The second-order valence-electron chi connectivity index (χ2n) is 10.1. The molecule has 0 unspecified atom stereocenters. The third kappa shape index (κ3) is 5.50. The molecule has 0 spiro atoms. The number of hydrogen-bond acceptors (Lipinski definition) is 5. The number of anilines is 1. The summed E-state index contributed by atoms with van der Waals surface area (Å²) in [6.07, 6.45) is 4.32. The largest absolute Gasteiger partial charge is 0.490 e. The first-order valence-electron chi connectivity index (χ1n) is 13.0. The monoisotopic (exact) mass is 527 g/mol. The van der Waals surface area contributed by atoms with Gasteiger partial charge in [-0.05, 0) is 68.5 Å². The fraction of sp³-hybridized carbons (Fsp3) is 0.464. The average Bonchev–Trinajstić information content (AvgIpc) is 2.93. The van der Waals surface area contributed by atoms with Crippen molar-refractivity contribution in [3.8, 4) is 5.75 Å². The molecule has 0 aliphatic carbocycles. The molecule has 3 aliphatic rings. The minimum absolute atomic E-state index is 0.0501. The Kier molecular flexibility index (Phi) is 7.60. The van der Waals surface area contributed by atoms with E-state index in [4.69, 9.17) is 9.47 Å². The van der Waals surface area contributed by atoms with Crippen LogP contribution < -0.4 is 10.1 Å². The van der Waals surface area contributed by atoms with Crippen LogP contribution in [0.1, 0.15) is 59.2 Å². The van der Waals surface area contributed by atoms with Crippen molar-refractivity contribution in [1.29, 1.82) is 0 Å². The van der Waals surface area contributed by atoms with Gasteiger partial charge < -0.3 is 24.6 Å². The van der Waals surface area contributed by atoms with Gasteiger partial charge in [-0.1, -0.05) is 0 Å². The molecule has 5 rings (SSSR count). The van der Waals surface area contributed by atoms with E-state index in [2.05, 4.69) is 5.32 Å². The zero-order chi connectivity index (χ0) is 26.8. The van der Waals surface area contributed by atoms with Crippen molar-refractivity contribution in [3.05, 3.63) is 59.2 Å². The molecule has 2 aromatic rings. The predicted octanol–water partition coefficient (Wildman–Crippen LogP) is 4.00. The maximum atomic E-state index is 13.5. The first-order valence-corrected chi connectivity index (χ1v) is 13.0. The van der Waals surface area contributed by atoms with E-state index < -0.39 is 17.5 Å². The fourth-order valence-electron chi connectivity index (χ4n) is 5.41. The van der Waals surface area contributed by atoms with Crippen LogP contribution in [-0.4, -0.2) is 72.5 Å². The maximum absolute atomic E-state index is 13.5. The number of carbonyl (C=O) groups is 3. The standard InChI is InChI=1S/C28H31F2N3O5/c1-32-23-9-7-19(15-26(34)33-11-3-2-4-12-33)38-25(23)16-37-24-10-6-18(14-20(24)28(32)36)31-27(35)17-5-8-21(29)22(30)13-17/h5-6,8,10,13-14,19,23,25H,2-4,7,9,11-12,15-16H2,1H3,(H,31,35)/t19-,23-,25-/m1/s1. The molecule has 10 heteroatoms. The summed E-state index contributed by atoms with van der Waals surface area (Å²) >= 11 is 0. The van der Waals surface area contributed by atoms with Gasteiger partial charge in [-0.2, -0.15) is 0 Å². The van der Waals surface area contributed by atoms with Gasteiger partial charge in [-0.25, -0.2) is 8.78 Å². The molecule has 3 heterocycles. The van der Waals surface area contributed by atoms with Crippen molar-refractivity contribution >= 4 is 23.4 Å². The third-order valence-electron chi connectivity index (χ3n) is 7.56. The lowest BCUT2D eigenvalue weighted by molar-refractivity contribution is -0.143. The number of ether oxygens (including phenoxy) is 2. The van der Waals surface area contributed by atoms with Crippen LogP contribution in [0, 0.1) is 11.6 Å². The lowest BCUT2D eigenvalue weighted by atomic mass is 9.94. The van der Waals surface area contributed by atoms with Gasteiger partial charge >= 0.3 is 0 Å². The Bertz CT molecular complexity index is 1230. The van der Waals surface area contributed by atoms with Crippen molar-refractivity contribution in [2.45, 2.75) is 56.8 Å². The second-order valence-corrected chi connectivity index (χ2v) is 10.1. The lowest BCUT2D eigenvalue weighted by Crippen LogP contribution is -2.54. The van der Waals surface area contributed by atoms with Gasteiger partial charge in [-0.15, -0.1) is 0 Å². The summed E-state index contributed by atoms with van der Waals surface area (Å²) in [6.45, 7) is 1.82. The highest BCUT2D eigenvalue weighted by Crippen LogP contribution is 2.33. The zero-order valence-electron chi connectivity index (χ0n) is 21.3.